The molecule has 3 aromatic heterocycles. The molecule has 0 aliphatic rings. The number of rotatable bonds is 7. The first kappa shape index (κ1) is 17.2. The van der Waals surface area contributed by atoms with Gasteiger partial charge >= 0.3 is 0 Å². The molecule has 0 atom stereocenters. The van der Waals surface area contributed by atoms with Gasteiger partial charge in [0.15, 0.2) is 0 Å². The molecule has 8 nitrogen and oxygen atoms in total. The van der Waals surface area contributed by atoms with Gasteiger partial charge < -0.3 is 15.4 Å². The number of nitrogens with zero attached hydrogens (tertiary/aromatic N) is 4. The number of hydrogen-bond acceptors (Lipinski definition) is 6. The summed E-state index contributed by atoms with van der Waals surface area (Å²) in [6.07, 6.45) is 3.34. The number of pyridine rings is 2. The van der Waals surface area contributed by atoms with Crippen LogP contribution >= 0.6 is 0 Å². The third-order valence-corrected chi connectivity index (χ3v) is 3.61. The van der Waals surface area contributed by atoms with Crippen LogP contribution in [0.4, 0.5) is 23.1 Å². The van der Waals surface area contributed by atoms with E-state index in [1.165, 1.54) is 0 Å². The Kier molecular flexibility index (Phi) is 5.29. The number of ether oxygens (including phenoxy) is 1. The normalized spacial score (nSPS) is 10.2. The largest absolute Gasteiger partial charge is 0.490 e. The van der Waals surface area contributed by atoms with E-state index in [1.807, 2.05) is 32.0 Å². The first-order valence-corrected chi connectivity index (χ1v) is 8.10. The maximum absolute atomic E-state index is 7.40. The van der Waals surface area contributed by atoms with Gasteiger partial charge in [-0.25, -0.2) is 9.83 Å². The van der Waals surface area contributed by atoms with Crippen LogP contribution in [0, 0.1) is 20.4 Å². The molecule has 3 aromatic rings. The van der Waals surface area contributed by atoms with Gasteiger partial charge in [0.25, 0.3) is 0 Å². The highest BCUT2D eigenvalue weighted by atomic mass is 16.5. The van der Waals surface area contributed by atoms with Crippen molar-refractivity contribution in [3.8, 4) is 5.75 Å². The Labute approximate surface area is 151 Å². The maximum atomic E-state index is 7.40. The molecule has 0 radical (unpaired) electrons. The fraction of sp³-hybridized carbons (Fsp3) is 0.222. The molecule has 0 aromatic carbocycles. The number of aromatic amines is 1. The highest BCUT2D eigenvalue weighted by Crippen LogP contribution is 2.30. The monoisotopic (exact) mass is 349 g/mol. The Morgan fingerprint density at radius 1 is 1.27 bits per heavy atom. The van der Waals surface area contributed by atoms with Crippen LogP contribution in [0.2, 0.25) is 0 Å². The molecule has 0 amide bonds. The number of hydrogen-bond donors (Lipinski definition) is 3. The minimum atomic E-state index is 0.432. The molecule has 0 fully saturated rings. The standard InChI is InChI=1S/C18H19N7O/c1-12-10-16(23-15-6-7-22-25-15)24-18(17(12)19-3)20-8-9-26-14-5-4-13(2)21-11-14/h4-7,10-11H,8-9H2,1-2H3,(H3,20,22,23,24,25). The molecule has 3 rings (SSSR count). The smallest absolute Gasteiger partial charge is 0.231 e. The van der Waals surface area contributed by atoms with E-state index in [-0.39, 0.29) is 0 Å². The van der Waals surface area contributed by atoms with E-state index in [2.05, 4.69) is 35.6 Å². The zero-order valence-electron chi connectivity index (χ0n) is 14.6. The van der Waals surface area contributed by atoms with E-state index in [4.69, 9.17) is 11.3 Å². The lowest BCUT2D eigenvalue weighted by molar-refractivity contribution is 0.331. The van der Waals surface area contributed by atoms with E-state index in [0.29, 0.717) is 36.2 Å². The van der Waals surface area contributed by atoms with Crippen LogP contribution < -0.4 is 15.4 Å². The molecule has 0 bridgehead atoms. The van der Waals surface area contributed by atoms with Crippen molar-refractivity contribution in [2.45, 2.75) is 13.8 Å². The van der Waals surface area contributed by atoms with Crippen LogP contribution in [0.25, 0.3) is 4.85 Å². The molecule has 8 heteroatoms. The van der Waals surface area contributed by atoms with E-state index in [1.54, 1.807) is 18.5 Å². The summed E-state index contributed by atoms with van der Waals surface area (Å²) in [6.45, 7) is 12.1. The molecule has 0 saturated heterocycles. The van der Waals surface area contributed by atoms with Crippen LogP contribution in [-0.4, -0.2) is 33.3 Å². The summed E-state index contributed by atoms with van der Waals surface area (Å²) in [5, 5.41) is 13.0. The van der Waals surface area contributed by atoms with E-state index in [9.17, 15) is 0 Å². The Bertz CT molecular complexity index is 899. The average Bonchev–Trinajstić information content (AvgIpc) is 3.13. The second-order valence-corrected chi connectivity index (χ2v) is 5.64. The molecular formula is C18H19N7O. The summed E-state index contributed by atoms with van der Waals surface area (Å²) in [5.41, 5.74) is 2.28. The summed E-state index contributed by atoms with van der Waals surface area (Å²) in [6, 6.07) is 7.41. The number of aryl methyl sites for hydroxylation is 2. The molecular weight excluding hydrogens is 330 g/mol. The summed E-state index contributed by atoms with van der Waals surface area (Å²) in [7, 11) is 0. The van der Waals surface area contributed by atoms with E-state index < -0.39 is 0 Å². The molecule has 0 aliphatic carbocycles. The third kappa shape index (κ3) is 4.27. The highest BCUT2D eigenvalue weighted by Gasteiger charge is 2.10. The van der Waals surface area contributed by atoms with Crippen molar-refractivity contribution >= 4 is 23.1 Å². The Hall–Kier alpha value is -3.60. The van der Waals surface area contributed by atoms with Gasteiger partial charge in [-0.1, -0.05) is 0 Å². The molecule has 0 aliphatic heterocycles. The number of aromatic nitrogens is 4. The van der Waals surface area contributed by atoms with Gasteiger partial charge in [-0.05, 0) is 37.6 Å². The number of anilines is 3. The first-order valence-electron chi connectivity index (χ1n) is 8.10. The molecule has 0 unspecified atom stereocenters. The molecule has 3 heterocycles. The van der Waals surface area contributed by atoms with E-state index >= 15 is 0 Å². The molecule has 26 heavy (non-hydrogen) atoms. The second kappa shape index (κ2) is 7.98. The fourth-order valence-corrected chi connectivity index (χ4v) is 2.34. The van der Waals surface area contributed by atoms with Crippen molar-refractivity contribution in [3.05, 3.63) is 59.3 Å². The van der Waals surface area contributed by atoms with E-state index in [0.717, 1.165) is 17.1 Å². The lowest BCUT2D eigenvalue weighted by Gasteiger charge is -2.13. The number of nitrogens with one attached hydrogen (secondary N) is 3. The van der Waals surface area contributed by atoms with Crippen molar-refractivity contribution in [2.75, 3.05) is 23.8 Å². The lowest BCUT2D eigenvalue weighted by Crippen LogP contribution is -2.13. The predicted octanol–water partition coefficient (Wildman–Crippen LogP) is 3.60. The van der Waals surface area contributed by atoms with Crippen molar-refractivity contribution in [1.29, 1.82) is 0 Å². The summed E-state index contributed by atoms with van der Waals surface area (Å²) < 4.78 is 5.64. The van der Waals surface area contributed by atoms with Gasteiger partial charge in [0.05, 0.1) is 19.0 Å². The van der Waals surface area contributed by atoms with Crippen molar-refractivity contribution < 1.29 is 4.74 Å². The van der Waals surface area contributed by atoms with Gasteiger partial charge in [0.1, 0.15) is 29.8 Å². The van der Waals surface area contributed by atoms with Gasteiger partial charge in [0, 0.05) is 18.3 Å². The average molecular weight is 349 g/mol. The van der Waals surface area contributed by atoms with Crippen LogP contribution in [-0.2, 0) is 0 Å². The third-order valence-electron chi connectivity index (χ3n) is 3.61. The topological polar surface area (TPSA) is 92.1 Å². The summed E-state index contributed by atoms with van der Waals surface area (Å²) in [4.78, 5) is 12.3. The molecule has 132 valence electrons. The zero-order chi connectivity index (χ0) is 18.4. The predicted molar refractivity (Wildman–Crippen MR) is 100 cm³/mol. The second-order valence-electron chi connectivity index (χ2n) is 5.64. The van der Waals surface area contributed by atoms with Crippen LogP contribution in [0.3, 0.4) is 0 Å². The zero-order valence-corrected chi connectivity index (χ0v) is 14.6. The summed E-state index contributed by atoms with van der Waals surface area (Å²) >= 11 is 0. The first-order chi connectivity index (χ1) is 12.7. The maximum Gasteiger partial charge on any atom is 0.231 e. The number of H-pyrrole nitrogens is 1. The minimum Gasteiger partial charge on any atom is -0.490 e. The lowest BCUT2D eigenvalue weighted by atomic mass is 10.2. The van der Waals surface area contributed by atoms with Crippen molar-refractivity contribution in [1.82, 2.24) is 20.2 Å². The molecule has 0 spiro atoms. The van der Waals surface area contributed by atoms with Crippen LogP contribution in [0.15, 0.2) is 36.7 Å². The van der Waals surface area contributed by atoms with Crippen LogP contribution in [0.5, 0.6) is 5.75 Å². The van der Waals surface area contributed by atoms with Crippen molar-refractivity contribution in [2.24, 2.45) is 0 Å². The van der Waals surface area contributed by atoms with Gasteiger partial charge in [0.2, 0.25) is 5.69 Å². The van der Waals surface area contributed by atoms with Crippen molar-refractivity contribution in [3.63, 3.8) is 0 Å². The minimum absolute atomic E-state index is 0.432. The quantitative estimate of drug-likeness (QED) is 0.446. The molecule has 0 saturated carbocycles. The Morgan fingerprint density at radius 3 is 2.85 bits per heavy atom. The van der Waals surface area contributed by atoms with Gasteiger partial charge in [-0.2, -0.15) is 5.10 Å². The Balaban J connectivity index is 1.64. The van der Waals surface area contributed by atoms with Gasteiger partial charge in [-0.3, -0.25) is 10.1 Å². The molecule has 3 N–H and O–H groups in total. The fourth-order valence-electron chi connectivity index (χ4n) is 2.34. The summed E-state index contributed by atoms with van der Waals surface area (Å²) in [5.74, 6) is 2.59. The van der Waals surface area contributed by atoms with Gasteiger partial charge in [-0.15, -0.1) is 0 Å². The highest BCUT2D eigenvalue weighted by molar-refractivity contribution is 5.73. The van der Waals surface area contributed by atoms with Crippen LogP contribution in [0.1, 0.15) is 11.3 Å². The SMILES string of the molecule is [C-]#[N+]c1c(C)cc(Nc2ccn[nH]2)nc1NCCOc1ccc(C)nc1. The Morgan fingerprint density at radius 2 is 2.15 bits per heavy atom.